The first-order chi connectivity index (χ1) is 16.9. The largest absolute Gasteiger partial charge is 0.480 e. The number of rotatable bonds is 9. The van der Waals surface area contributed by atoms with Crippen molar-refractivity contribution in [2.75, 3.05) is 13.7 Å². The summed E-state index contributed by atoms with van der Waals surface area (Å²) in [7, 11) is 1.51. The van der Waals surface area contributed by atoms with Gasteiger partial charge in [0.25, 0.3) is 5.91 Å². The maximum Gasteiger partial charge on any atom is 0.253 e. The van der Waals surface area contributed by atoms with Crippen LogP contribution in [0.25, 0.3) is 0 Å². The zero-order valence-electron chi connectivity index (χ0n) is 20.1. The quantitative estimate of drug-likeness (QED) is 0.461. The summed E-state index contributed by atoms with van der Waals surface area (Å²) < 4.78 is 25.8. The number of amides is 1. The molecule has 0 saturated heterocycles. The number of halogens is 1. The van der Waals surface area contributed by atoms with Crippen LogP contribution >= 0.6 is 0 Å². The second-order valence-electron chi connectivity index (χ2n) is 8.59. The van der Waals surface area contributed by atoms with Gasteiger partial charge in [0.1, 0.15) is 5.82 Å². The van der Waals surface area contributed by atoms with Crippen molar-refractivity contribution in [2.45, 2.75) is 51.8 Å². The number of carbonyl (C=O) groups excluding carboxylic acids is 2. The zero-order valence-corrected chi connectivity index (χ0v) is 20.1. The number of ether oxygens (including phenoxy) is 2. The van der Waals surface area contributed by atoms with E-state index in [1.165, 1.54) is 25.4 Å². The molecule has 184 valence electrons. The minimum absolute atomic E-state index is 0.0721. The second kappa shape index (κ2) is 10.8. The van der Waals surface area contributed by atoms with E-state index in [9.17, 15) is 14.0 Å². The van der Waals surface area contributed by atoms with Crippen LogP contribution in [0, 0.1) is 5.82 Å². The summed E-state index contributed by atoms with van der Waals surface area (Å²) in [6.07, 6.45) is 3.95. The van der Waals surface area contributed by atoms with Crippen molar-refractivity contribution < 1.29 is 23.5 Å². The van der Waals surface area contributed by atoms with Crippen molar-refractivity contribution in [3.05, 3.63) is 76.8 Å². The number of carbonyl (C=O) groups is 2. The second-order valence-corrected chi connectivity index (χ2v) is 8.59. The van der Waals surface area contributed by atoms with Gasteiger partial charge in [-0.25, -0.2) is 9.37 Å². The van der Waals surface area contributed by atoms with Crippen LogP contribution in [-0.4, -0.2) is 39.9 Å². The van der Waals surface area contributed by atoms with E-state index in [4.69, 9.17) is 9.47 Å². The van der Waals surface area contributed by atoms with E-state index in [1.807, 2.05) is 18.4 Å². The van der Waals surface area contributed by atoms with Crippen LogP contribution in [0.4, 0.5) is 4.39 Å². The molecule has 0 unspecified atom stereocenters. The van der Waals surface area contributed by atoms with E-state index in [0.717, 1.165) is 5.56 Å². The molecule has 0 radical (unpaired) electrons. The Kier molecular flexibility index (Phi) is 7.55. The molecule has 0 saturated carbocycles. The van der Waals surface area contributed by atoms with Crippen LogP contribution in [0.5, 0.6) is 5.88 Å². The van der Waals surface area contributed by atoms with Gasteiger partial charge in [-0.2, -0.15) is 0 Å². The summed E-state index contributed by atoms with van der Waals surface area (Å²) in [4.78, 5) is 35.1. The third-order valence-corrected chi connectivity index (χ3v) is 6.30. The first-order valence-electron chi connectivity index (χ1n) is 11.7. The maximum absolute atomic E-state index is 13.3. The average Bonchev–Trinajstić information content (AvgIpc) is 3.27. The number of ketones is 1. The van der Waals surface area contributed by atoms with Crippen LogP contribution in [0.3, 0.4) is 0 Å². The lowest BCUT2D eigenvalue weighted by molar-refractivity contribution is 0.0781. The van der Waals surface area contributed by atoms with Gasteiger partial charge in [-0.1, -0.05) is 26.0 Å². The SMILES string of the molecule is CC[C@H](NC(=O)c1cc(C(=O)C[C@H](C)c2ccc(F)cc2)n2c1COCC2)c1cnc(OC)cn1. The maximum atomic E-state index is 13.3. The van der Waals surface area contributed by atoms with Crippen molar-refractivity contribution in [3.63, 3.8) is 0 Å². The molecule has 1 N–H and O–H groups in total. The van der Waals surface area contributed by atoms with Gasteiger partial charge in [0.05, 0.1) is 61.4 Å². The van der Waals surface area contributed by atoms with Crippen LogP contribution in [0.2, 0.25) is 0 Å². The van der Waals surface area contributed by atoms with Crippen molar-refractivity contribution >= 4 is 11.7 Å². The monoisotopic (exact) mass is 480 g/mol. The van der Waals surface area contributed by atoms with Gasteiger partial charge in [0.15, 0.2) is 5.78 Å². The molecular weight excluding hydrogens is 451 g/mol. The lowest BCUT2D eigenvalue weighted by Crippen LogP contribution is -2.30. The lowest BCUT2D eigenvalue weighted by atomic mass is 9.94. The van der Waals surface area contributed by atoms with E-state index in [2.05, 4.69) is 15.3 Å². The molecule has 1 aliphatic rings. The number of methoxy groups -OCH3 is 1. The third-order valence-electron chi connectivity index (χ3n) is 6.30. The molecule has 0 aliphatic carbocycles. The van der Waals surface area contributed by atoms with Crippen LogP contribution < -0.4 is 10.1 Å². The number of nitrogens with one attached hydrogen (secondary N) is 1. The van der Waals surface area contributed by atoms with E-state index in [-0.39, 0.29) is 42.5 Å². The highest BCUT2D eigenvalue weighted by atomic mass is 19.1. The molecule has 9 heteroatoms. The molecule has 0 fully saturated rings. The normalized spacial score (nSPS) is 14.6. The van der Waals surface area contributed by atoms with E-state index >= 15 is 0 Å². The standard InChI is InChI=1S/C26H29FN4O4/c1-4-20(21-13-29-25(34-3)14-28-21)30-26(33)19-12-22(31-9-10-35-15-23(19)31)24(32)11-16(2)17-5-7-18(27)8-6-17/h5-8,12-14,16,20H,4,9-11,15H2,1-3H3,(H,30,33)/t16-,20-/m0/s1. The summed E-state index contributed by atoms with van der Waals surface area (Å²) in [5.41, 5.74) is 3.09. The Morgan fingerprint density at radius 2 is 2.00 bits per heavy atom. The number of hydrogen-bond acceptors (Lipinski definition) is 6. The predicted molar refractivity (Wildman–Crippen MR) is 127 cm³/mol. The first kappa shape index (κ1) is 24.5. The Balaban J connectivity index is 1.55. The Hall–Kier alpha value is -3.59. The molecule has 1 aromatic carbocycles. The van der Waals surface area contributed by atoms with E-state index in [1.54, 1.807) is 24.4 Å². The summed E-state index contributed by atoms with van der Waals surface area (Å²) in [5.74, 6) is -0.378. The summed E-state index contributed by atoms with van der Waals surface area (Å²) in [6, 6.07) is 7.49. The molecule has 2 aromatic heterocycles. The van der Waals surface area contributed by atoms with Crippen LogP contribution in [-0.2, 0) is 17.9 Å². The number of Topliss-reactive ketones (excluding diaryl/α,β-unsaturated/α-hetero) is 1. The fourth-order valence-corrected chi connectivity index (χ4v) is 4.28. The van der Waals surface area contributed by atoms with Crippen LogP contribution in [0.15, 0.2) is 42.7 Å². The minimum atomic E-state index is -0.349. The van der Waals surface area contributed by atoms with Gasteiger partial charge in [0.2, 0.25) is 5.88 Å². The van der Waals surface area contributed by atoms with Gasteiger partial charge in [-0.05, 0) is 36.1 Å². The summed E-state index contributed by atoms with van der Waals surface area (Å²) in [5, 5.41) is 3.01. The van der Waals surface area contributed by atoms with Crippen LogP contribution in [0.1, 0.15) is 76.4 Å². The molecule has 3 aromatic rings. The van der Waals surface area contributed by atoms with Crippen molar-refractivity contribution in [2.24, 2.45) is 0 Å². The number of hydrogen-bond donors (Lipinski definition) is 1. The third kappa shape index (κ3) is 5.40. The minimum Gasteiger partial charge on any atom is -0.480 e. The smallest absolute Gasteiger partial charge is 0.253 e. The van der Waals surface area contributed by atoms with E-state index < -0.39 is 0 Å². The Labute approximate surface area is 203 Å². The fourth-order valence-electron chi connectivity index (χ4n) is 4.28. The molecule has 2 atom stereocenters. The predicted octanol–water partition coefficient (Wildman–Crippen LogP) is 4.21. The molecule has 1 amide bonds. The van der Waals surface area contributed by atoms with Gasteiger partial charge >= 0.3 is 0 Å². The van der Waals surface area contributed by atoms with Crippen molar-refractivity contribution in [3.8, 4) is 5.88 Å². The molecule has 3 heterocycles. The van der Waals surface area contributed by atoms with Gasteiger partial charge < -0.3 is 19.4 Å². The van der Waals surface area contributed by atoms with Crippen molar-refractivity contribution in [1.29, 1.82) is 0 Å². The topological polar surface area (TPSA) is 95.3 Å². The van der Waals surface area contributed by atoms with Crippen molar-refractivity contribution in [1.82, 2.24) is 19.9 Å². The summed E-state index contributed by atoms with van der Waals surface area (Å²) >= 11 is 0. The number of nitrogens with zero attached hydrogens (tertiary/aromatic N) is 3. The van der Waals surface area contributed by atoms with Gasteiger partial charge in [-0.15, -0.1) is 0 Å². The Bertz CT molecular complexity index is 1190. The number of aromatic nitrogens is 3. The fraction of sp³-hybridized carbons (Fsp3) is 0.385. The highest BCUT2D eigenvalue weighted by Crippen LogP contribution is 2.27. The average molecular weight is 481 g/mol. The number of benzene rings is 1. The molecule has 35 heavy (non-hydrogen) atoms. The molecule has 0 spiro atoms. The highest BCUT2D eigenvalue weighted by molar-refractivity contribution is 6.01. The zero-order chi connectivity index (χ0) is 24.9. The molecule has 8 nitrogen and oxygen atoms in total. The lowest BCUT2D eigenvalue weighted by Gasteiger charge is -2.20. The van der Waals surface area contributed by atoms with Gasteiger partial charge in [-0.3, -0.25) is 14.6 Å². The number of fused-ring (bicyclic) bond motifs is 1. The molecule has 4 rings (SSSR count). The van der Waals surface area contributed by atoms with Gasteiger partial charge in [0, 0.05) is 13.0 Å². The highest BCUT2D eigenvalue weighted by Gasteiger charge is 2.28. The Morgan fingerprint density at radius 1 is 1.23 bits per heavy atom. The molecular formula is C26H29FN4O4. The molecule has 0 bridgehead atoms. The first-order valence-corrected chi connectivity index (χ1v) is 11.7. The summed E-state index contributed by atoms with van der Waals surface area (Å²) in [6.45, 7) is 5.10. The Morgan fingerprint density at radius 3 is 2.66 bits per heavy atom. The molecule has 1 aliphatic heterocycles. The van der Waals surface area contributed by atoms with E-state index in [0.29, 0.717) is 48.1 Å².